The van der Waals surface area contributed by atoms with Crippen molar-refractivity contribution in [2.24, 2.45) is 5.92 Å². The van der Waals surface area contributed by atoms with E-state index in [1.165, 1.54) is 0 Å². The zero-order valence-electron chi connectivity index (χ0n) is 15.8. The highest BCUT2D eigenvalue weighted by Gasteiger charge is 2.31. The predicted molar refractivity (Wildman–Crippen MR) is 95.1 cm³/mol. The summed E-state index contributed by atoms with van der Waals surface area (Å²) in [4.78, 5) is 28.2. The second kappa shape index (κ2) is 8.99. The Labute approximate surface area is 149 Å². The maximum atomic E-state index is 12.7. The van der Waals surface area contributed by atoms with Crippen LogP contribution in [0.15, 0.2) is 6.07 Å². The number of carbonyl (C=O) groups excluding carboxylic acids is 2. The van der Waals surface area contributed by atoms with Crippen LogP contribution in [0.3, 0.4) is 0 Å². The molecule has 25 heavy (non-hydrogen) atoms. The van der Waals surface area contributed by atoms with Crippen molar-refractivity contribution in [2.75, 3.05) is 40.4 Å². The van der Waals surface area contributed by atoms with E-state index in [1.807, 2.05) is 25.6 Å². The third kappa shape index (κ3) is 5.29. The zero-order valence-corrected chi connectivity index (χ0v) is 15.8. The van der Waals surface area contributed by atoms with Crippen LogP contribution in [0.25, 0.3) is 0 Å². The molecule has 140 valence electrons. The number of nitrogens with zero attached hydrogens (tertiary/aromatic N) is 4. The minimum Gasteiger partial charge on any atom is -0.383 e. The first-order valence-electron chi connectivity index (χ1n) is 8.95. The van der Waals surface area contributed by atoms with Gasteiger partial charge in [0, 0.05) is 52.5 Å². The summed E-state index contributed by atoms with van der Waals surface area (Å²) in [7, 11) is 3.47. The molecule has 7 heteroatoms. The lowest BCUT2D eigenvalue weighted by Gasteiger charge is -2.33. The first kappa shape index (κ1) is 19.4. The van der Waals surface area contributed by atoms with Crippen LogP contribution in [-0.4, -0.2) is 71.8 Å². The summed E-state index contributed by atoms with van der Waals surface area (Å²) in [6.45, 7) is 7.09. The Morgan fingerprint density at radius 1 is 1.40 bits per heavy atom. The van der Waals surface area contributed by atoms with Crippen LogP contribution in [0.5, 0.6) is 0 Å². The van der Waals surface area contributed by atoms with E-state index in [-0.39, 0.29) is 17.7 Å². The molecule has 0 aromatic carbocycles. The zero-order chi connectivity index (χ0) is 18.4. The molecule has 1 atom stereocenters. The third-order valence-corrected chi connectivity index (χ3v) is 4.76. The first-order chi connectivity index (χ1) is 11.9. The molecule has 0 aliphatic carbocycles. The van der Waals surface area contributed by atoms with E-state index in [1.54, 1.807) is 16.9 Å². The topological polar surface area (TPSA) is 67.7 Å². The molecule has 1 fully saturated rings. The highest BCUT2D eigenvalue weighted by molar-refractivity contribution is 5.83. The van der Waals surface area contributed by atoms with Gasteiger partial charge in [0.05, 0.1) is 18.2 Å². The Morgan fingerprint density at radius 3 is 2.80 bits per heavy atom. The van der Waals surface area contributed by atoms with Gasteiger partial charge in [-0.25, -0.2) is 0 Å². The SMILES string of the molecule is COCCN1CC(C(=O)N(C)CCCn2nc(C)cc2C)CCC1=O. The van der Waals surface area contributed by atoms with Gasteiger partial charge in [0.1, 0.15) is 0 Å². The molecule has 1 aliphatic heterocycles. The number of hydrogen-bond donors (Lipinski definition) is 0. The summed E-state index contributed by atoms with van der Waals surface area (Å²) in [6, 6.07) is 2.06. The minimum atomic E-state index is -0.103. The second-order valence-electron chi connectivity index (χ2n) is 6.83. The summed E-state index contributed by atoms with van der Waals surface area (Å²) in [5.74, 6) is 0.143. The summed E-state index contributed by atoms with van der Waals surface area (Å²) in [5.41, 5.74) is 2.16. The van der Waals surface area contributed by atoms with E-state index in [0.29, 0.717) is 39.1 Å². The number of ether oxygens (including phenoxy) is 1. The molecule has 2 amide bonds. The lowest BCUT2D eigenvalue weighted by atomic mass is 9.96. The van der Waals surface area contributed by atoms with Gasteiger partial charge in [-0.1, -0.05) is 0 Å². The normalized spacial score (nSPS) is 17.8. The van der Waals surface area contributed by atoms with Crippen LogP contribution in [0.1, 0.15) is 30.7 Å². The maximum Gasteiger partial charge on any atom is 0.227 e. The van der Waals surface area contributed by atoms with Crippen LogP contribution in [-0.2, 0) is 20.9 Å². The molecule has 0 bridgehead atoms. The number of amides is 2. The highest BCUT2D eigenvalue weighted by Crippen LogP contribution is 2.19. The van der Waals surface area contributed by atoms with E-state index in [4.69, 9.17) is 4.74 Å². The molecule has 7 nitrogen and oxygen atoms in total. The Hall–Kier alpha value is -1.89. The van der Waals surface area contributed by atoms with E-state index in [0.717, 1.165) is 24.4 Å². The quantitative estimate of drug-likeness (QED) is 0.707. The van der Waals surface area contributed by atoms with Crippen molar-refractivity contribution in [3.8, 4) is 0 Å². The predicted octanol–water partition coefficient (Wildman–Crippen LogP) is 1.23. The lowest BCUT2D eigenvalue weighted by Crippen LogP contribution is -2.47. The molecular formula is C18H30N4O3. The average molecular weight is 350 g/mol. The Morgan fingerprint density at radius 2 is 2.16 bits per heavy atom. The molecule has 0 radical (unpaired) electrons. The van der Waals surface area contributed by atoms with E-state index in [2.05, 4.69) is 11.2 Å². The van der Waals surface area contributed by atoms with Gasteiger partial charge in [0.25, 0.3) is 0 Å². The number of hydrogen-bond acceptors (Lipinski definition) is 4. The van der Waals surface area contributed by atoms with E-state index >= 15 is 0 Å². The molecule has 1 saturated heterocycles. The maximum absolute atomic E-state index is 12.7. The standard InChI is InChI=1S/C18H30N4O3/c1-14-12-15(2)22(19-14)9-5-8-20(3)18(24)16-6-7-17(23)21(13-16)10-11-25-4/h12,16H,5-11,13H2,1-4H3. The van der Waals surface area contributed by atoms with Gasteiger partial charge in [-0.3, -0.25) is 14.3 Å². The summed E-state index contributed by atoms with van der Waals surface area (Å²) in [6.07, 6.45) is 1.95. The Balaban J connectivity index is 1.80. The van der Waals surface area contributed by atoms with Gasteiger partial charge < -0.3 is 14.5 Å². The molecule has 0 N–H and O–H groups in total. The molecule has 1 aromatic rings. The summed E-state index contributed by atoms with van der Waals surface area (Å²) >= 11 is 0. The van der Waals surface area contributed by atoms with Gasteiger partial charge >= 0.3 is 0 Å². The number of methoxy groups -OCH3 is 1. The molecule has 1 aromatic heterocycles. The molecule has 1 aliphatic rings. The Bertz CT molecular complexity index is 599. The van der Waals surface area contributed by atoms with Crippen LogP contribution in [0, 0.1) is 19.8 Å². The molecular weight excluding hydrogens is 320 g/mol. The van der Waals surface area contributed by atoms with Gasteiger partial charge in [0.15, 0.2) is 0 Å². The molecule has 2 rings (SSSR count). The van der Waals surface area contributed by atoms with Crippen LogP contribution in [0.4, 0.5) is 0 Å². The number of likely N-dealkylation sites (tertiary alicyclic amines) is 1. The van der Waals surface area contributed by atoms with Gasteiger partial charge in [-0.05, 0) is 32.8 Å². The number of carbonyl (C=O) groups is 2. The van der Waals surface area contributed by atoms with Crippen molar-refractivity contribution in [1.82, 2.24) is 19.6 Å². The van der Waals surface area contributed by atoms with Crippen molar-refractivity contribution >= 4 is 11.8 Å². The van der Waals surface area contributed by atoms with Crippen LogP contribution >= 0.6 is 0 Å². The minimum absolute atomic E-state index is 0.103. The number of piperidine rings is 1. The van der Waals surface area contributed by atoms with Crippen LogP contribution < -0.4 is 0 Å². The van der Waals surface area contributed by atoms with Crippen molar-refractivity contribution < 1.29 is 14.3 Å². The fourth-order valence-electron chi connectivity index (χ4n) is 3.31. The van der Waals surface area contributed by atoms with Crippen LogP contribution in [0.2, 0.25) is 0 Å². The van der Waals surface area contributed by atoms with E-state index < -0.39 is 0 Å². The molecule has 0 saturated carbocycles. The van der Waals surface area contributed by atoms with Gasteiger partial charge in [-0.2, -0.15) is 5.10 Å². The van der Waals surface area contributed by atoms with Crippen molar-refractivity contribution in [3.63, 3.8) is 0 Å². The fraction of sp³-hybridized carbons (Fsp3) is 0.722. The highest BCUT2D eigenvalue weighted by atomic mass is 16.5. The smallest absolute Gasteiger partial charge is 0.227 e. The largest absolute Gasteiger partial charge is 0.383 e. The second-order valence-corrected chi connectivity index (χ2v) is 6.83. The van der Waals surface area contributed by atoms with Crippen molar-refractivity contribution in [2.45, 2.75) is 39.7 Å². The number of rotatable bonds is 8. The van der Waals surface area contributed by atoms with Crippen molar-refractivity contribution in [1.29, 1.82) is 0 Å². The average Bonchev–Trinajstić information content (AvgIpc) is 2.91. The Kier molecular flexibility index (Phi) is 6.99. The van der Waals surface area contributed by atoms with Gasteiger partial charge in [0.2, 0.25) is 11.8 Å². The monoisotopic (exact) mass is 350 g/mol. The number of aromatic nitrogens is 2. The number of aryl methyl sites for hydroxylation is 3. The van der Waals surface area contributed by atoms with Crippen molar-refractivity contribution in [3.05, 3.63) is 17.5 Å². The molecule has 1 unspecified atom stereocenters. The summed E-state index contributed by atoms with van der Waals surface area (Å²) in [5, 5.41) is 4.45. The molecule has 0 spiro atoms. The third-order valence-electron chi connectivity index (χ3n) is 4.76. The van der Waals surface area contributed by atoms with E-state index in [9.17, 15) is 9.59 Å². The summed E-state index contributed by atoms with van der Waals surface area (Å²) < 4.78 is 7.03. The lowest BCUT2D eigenvalue weighted by molar-refractivity contribution is -0.142. The fourth-order valence-corrected chi connectivity index (χ4v) is 3.31. The van der Waals surface area contributed by atoms with Gasteiger partial charge in [-0.15, -0.1) is 0 Å². The first-order valence-corrected chi connectivity index (χ1v) is 8.95. The molecule has 2 heterocycles.